The van der Waals surface area contributed by atoms with E-state index in [1.807, 2.05) is 12.1 Å². The van der Waals surface area contributed by atoms with Gasteiger partial charge in [0.1, 0.15) is 12.7 Å². The zero-order valence-corrected chi connectivity index (χ0v) is 13.5. The van der Waals surface area contributed by atoms with Gasteiger partial charge in [-0.25, -0.2) is 9.55 Å². The van der Waals surface area contributed by atoms with E-state index in [0.717, 1.165) is 5.69 Å². The molecule has 3 aromatic rings. The first-order valence-electron chi connectivity index (χ1n) is 6.54. The summed E-state index contributed by atoms with van der Waals surface area (Å²) in [5.41, 5.74) is 0.835. The van der Waals surface area contributed by atoms with Crippen molar-refractivity contribution < 1.29 is 4.92 Å². The van der Waals surface area contributed by atoms with E-state index in [4.69, 9.17) is 11.6 Å². The molecular weight excluding hydrogens is 340 g/mol. The predicted molar refractivity (Wildman–Crippen MR) is 87.4 cm³/mol. The zero-order valence-electron chi connectivity index (χ0n) is 11.9. The van der Waals surface area contributed by atoms with Gasteiger partial charge in [-0.3, -0.25) is 0 Å². The molecule has 0 saturated heterocycles. The van der Waals surface area contributed by atoms with Gasteiger partial charge in [0.15, 0.2) is 10.8 Å². The van der Waals surface area contributed by atoms with Gasteiger partial charge < -0.3 is 15.4 Å². The Kier molecular flexibility index (Phi) is 4.22. The fourth-order valence-electron chi connectivity index (χ4n) is 1.96. The molecule has 0 spiro atoms. The van der Waals surface area contributed by atoms with Crippen LogP contribution in [0.25, 0.3) is 0 Å². The van der Waals surface area contributed by atoms with Gasteiger partial charge >= 0.3 is 5.82 Å². The normalized spacial score (nSPS) is 10.7. The fourth-order valence-corrected chi connectivity index (χ4v) is 2.83. The molecule has 23 heavy (non-hydrogen) atoms. The number of nitro groups is 1. The first-order valence-corrected chi connectivity index (χ1v) is 7.74. The van der Waals surface area contributed by atoms with Crippen LogP contribution in [0.5, 0.6) is 0 Å². The molecule has 0 amide bonds. The zero-order chi connectivity index (χ0) is 16.4. The summed E-state index contributed by atoms with van der Waals surface area (Å²) in [4.78, 5) is 14.5. The standard InChI is InChI=1S/C13H11ClN6O2S/c1-8-15-6-12(20(21)22)19(8)7-11-17-18-13(23-11)16-10-4-2-9(14)3-5-10/h2-6H,7H2,1H3,(H,16,18). The number of benzene rings is 1. The predicted octanol–water partition coefficient (Wildman–Crippen LogP) is 3.40. The average Bonchev–Trinajstić information content (AvgIpc) is 3.10. The third-order valence-corrected chi connectivity index (χ3v) is 4.15. The van der Waals surface area contributed by atoms with Crippen LogP contribution >= 0.6 is 22.9 Å². The molecule has 0 bridgehead atoms. The minimum atomic E-state index is -0.464. The molecule has 8 nitrogen and oxygen atoms in total. The minimum absolute atomic E-state index is 0.0649. The molecule has 0 saturated carbocycles. The molecular formula is C13H11ClN6O2S. The van der Waals surface area contributed by atoms with E-state index in [1.165, 1.54) is 22.1 Å². The van der Waals surface area contributed by atoms with Crippen molar-refractivity contribution in [3.8, 4) is 0 Å². The second-order valence-corrected chi connectivity index (χ2v) is 6.14. The SMILES string of the molecule is Cc1ncc([N+](=O)[O-])n1Cc1nnc(Nc2ccc(Cl)cc2)s1. The van der Waals surface area contributed by atoms with Gasteiger partial charge in [0.2, 0.25) is 5.13 Å². The molecule has 1 aromatic carbocycles. The van der Waals surface area contributed by atoms with Crippen LogP contribution in [-0.4, -0.2) is 24.7 Å². The molecule has 1 N–H and O–H groups in total. The molecule has 10 heteroatoms. The number of halogens is 1. The van der Waals surface area contributed by atoms with Crippen molar-refractivity contribution in [1.82, 2.24) is 19.7 Å². The van der Waals surface area contributed by atoms with Gasteiger partial charge in [-0.15, -0.1) is 10.2 Å². The lowest BCUT2D eigenvalue weighted by Gasteiger charge is -2.01. The molecule has 0 radical (unpaired) electrons. The van der Waals surface area contributed by atoms with Gasteiger partial charge in [0.25, 0.3) is 0 Å². The minimum Gasteiger partial charge on any atom is -0.358 e. The number of aryl methyl sites for hydroxylation is 1. The van der Waals surface area contributed by atoms with Crippen LogP contribution in [0.15, 0.2) is 30.5 Å². The highest BCUT2D eigenvalue weighted by Gasteiger charge is 2.19. The molecule has 0 aliphatic rings. The second kappa shape index (κ2) is 6.31. The number of anilines is 2. The number of hydrogen-bond donors (Lipinski definition) is 1. The van der Waals surface area contributed by atoms with Crippen LogP contribution in [0, 0.1) is 17.0 Å². The number of aromatic nitrogens is 4. The summed E-state index contributed by atoms with van der Waals surface area (Å²) in [6, 6.07) is 7.19. The highest BCUT2D eigenvalue weighted by Crippen LogP contribution is 2.24. The summed E-state index contributed by atoms with van der Waals surface area (Å²) in [6.07, 6.45) is 1.24. The third-order valence-electron chi connectivity index (χ3n) is 3.08. The maximum atomic E-state index is 11.0. The Labute approximate surface area is 139 Å². The van der Waals surface area contributed by atoms with Crippen LogP contribution < -0.4 is 5.32 Å². The van der Waals surface area contributed by atoms with Crippen LogP contribution in [0.3, 0.4) is 0 Å². The van der Waals surface area contributed by atoms with Crippen LogP contribution in [0.2, 0.25) is 5.02 Å². The average molecular weight is 351 g/mol. The summed E-state index contributed by atoms with van der Waals surface area (Å²) < 4.78 is 1.49. The first-order chi connectivity index (χ1) is 11.0. The lowest BCUT2D eigenvalue weighted by atomic mass is 10.3. The first kappa shape index (κ1) is 15.4. The molecule has 0 fully saturated rings. The number of nitrogens with one attached hydrogen (secondary N) is 1. The van der Waals surface area contributed by atoms with Crippen LogP contribution in [-0.2, 0) is 6.54 Å². The Balaban J connectivity index is 1.76. The lowest BCUT2D eigenvalue weighted by molar-refractivity contribution is -0.392. The molecule has 0 aliphatic heterocycles. The van der Waals surface area contributed by atoms with Crippen molar-refractivity contribution in [3.63, 3.8) is 0 Å². The monoisotopic (exact) mass is 350 g/mol. The van der Waals surface area contributed by atoms with Crippen LogP contribution in [0.4, 0.5) is 16.6 Å². The lowest BCUT2D eigenvalue weighted by Crippen LogP contribution is -2.05. The Hall–Kier alpha value is -2.52. The highest BCUT2D eigenvalue weighted by atomic mass is 35.5. The Morgan fingerprint density at radius 2 is 2.09 bits per heavy atom. The van der Waals surface area contributed by atoms with E-state index in [2.05, 4.69) is 20.5 Å². The Morgan fingerprint density at radius 3 is 2.78 bits per heavy atom. The molecule has 0 aliphatic carbocycles. The van der Waals surface area contributed by atoms with Crippen molar-refractivity contribution in [2.45, 2.75) is 13.5 Å². The smallest absolute Gasteiger partial charge is 0.343 e. The fraction of sp³-hybridized carbons (Fsp3) is 0.154. The Bertz CT molecular complexity index is 845. The number of rotatable bonds is 5. The molecule has 2 heterocycles. The van der Waals surface area contributed by atoms with Crippen molar-refractivity contribution in [1.29, 1.82) is 0 Å². The molecule has 0 atom stereocenters. The van der Waals surface area contributed by atoms with E-state index in [9.17, 15) is 10.1 Å². The quantitative estimate of drug-likeness (QED) is 0.559. The summed E-state index contributed by atoms with van der Waals surface area (Å²) >= 11 is 7.16. The van der Waals surface area contributed by atoms with Crippen molar-refractivity contribution in [2.24, 2.45) is 0 Å². The van der Waals surface area contributed by atoms with Crippen molar-refractivity contribution in [3.05, 3.63) is 56.4 Å². The van der Waals surface area contributed by atoms with Crippen LogP contribution in [0.1, 0.15) is 10.8 Å². The number of imidazole rings is 1. The summed E-state index contributed by atoms with van der Waals surface area (Å²) in [5.74, 6) is 0.490. The highest BCUT2D eigenvalue weighted by molar-refractivity contribution is 7.15. The van der Waals surface area contributed by atoms with Gasteiger partial charge in [-0.2, -0.15) is 0 Å². The van der Waals surface area contributed by atoms with E-state index in [0.29, 0.717) is 21.0 Å². The van der Waals surface area contributed by atoms with E-state index in [1.54, 1.807) is 19.1 Å². The molecule has 0 unspecified atom stereocenters. The van der Waals surface area contributed by atoms with Crippen molar-refractivity contribution >= 4 is 39.6 Å². The maximum absolute atomic E-state index is 11.0. The summed E-state index contributed by atoms with van der Waals surface area (Å²) in [7, 11) is 0. The second-order valence-electron chi connectivity index (χ2n) is 4.64. The Morgan fingerprint density at radius 1 is 1.35 bits per heavy atom. The molecule has 118 valence electrons. The van der Waals surface area contributed by atoms with Gasteiger partial charge in [0.05, 0.1) is 0 Å². The van der Waals surface area contributed by atoms with Gasteiger partial charge in [0, 0.05) is 17.6 Å². The largest absolute Gasteiger partial charge is 0.358 e. The van der Waals surface area contributed by atoms with E-state index < -0.39 is 4.92 Å². The van der Waals surface area contributed by atoms with Gasteiger partial charge in [-0.1, -0.05) is 22.9 Å². The molecule has 2 aromatic heterocycles. The third kappa shape index (κ3) is 3.46. The van der Waals surface area contributed by atoms with E-state index >= 15 is 0 Å². The van der Waals surface area contributed by atoms with E-state index in [-0.39, 0.29) is 12.4 Å². The topological polar surface area (TPSA) is 98.8 Å². The molecule has 3 rings (SSSR count). The van der Waals surface area contributed by atoms with Gasteiger partial charge in [-0.05, 0) is 29.2 Å². The number of nitrogens with zero attached hydrogens (tertiary/aromatic N) is 5. The maximum Gasteiger partial charge on any atom is 0.343 e. The van der Waals surface area contributed by atoms with Crippen molar-refractivity contribution in [2.75, 3.05) is 5.32 Å². The number of hydrogen-bond acceptors (Lipinski definition) is 7. The summed E-state index contributed by atoms with van der Waals surface area (Å²) in [5, 5.41) is 24.1. The summed E-state index contributed by atoms with van der Waals surface area (Å²) in [6.45, 7) is 1.96.